The van der Waals surface area contributed by atoms with Crippen molar-refractivity contribution in [3.05, 3.63) is 12.2 Å². The molecule has 0 saturated heterocycles. The molecule has 0 saturated carbocycles. The number of carbonyl (C=O) groups excluding carboxylic acids is 1. The number of hydrogen-bond acceptors (Lipinski definition) is 4. The Morgan fingerprint density at radius 3 is 1.51 bits per heavy atom. The third-order valence-electron chi connectivity index (χ3n) is 7.87. The summed E-state index contributed by atoms with van der Waals surface area (Å²) in [4.78, 5) is 12.3. The van der Waals surface area contributed by atoms with Gasteiger partial charge in [0, 0.05) is 6.42 Å². The van der Waals surface area contributed by atoms with Crippen molar-refractivity contribution in [2.24, 2.45) is 0 Å². The minimum Gasteiger partial charge on any atom is -0.394 e. The van der Waals surface area contributed by atoms with Gasteiger partial charge in [0.25, 0.3) is 0 Å². The summed E-state index contributed by atoms with van der Waals surface area (Å²) in [6.45, 7) is 4.13. The normalized spacial score (nSPS) is 14.1. The molecule has 0 aliphatic heterocycles. The summed E-state index contributed by atoms with van der Waals surface area (Å²) in [7, 11) is 0. The summed E-state index contributed by atoms with van der Waals surface area (Å²) >= 11 is 0. The van der Waals surface area contributed by atoms with Crippen LogP contribution in [0.2, 0.25) is 0 Å². The smallest absolute Gasteiger partial charge is 0.220 e. The number of rotatable bonds is 30. The van der Waals surface area contributed by atoms with Gasteiger partial charge in [-0.3, -0.25) is 4.79 Å². The number of amides is 1. The maximum absolute atomic E-state index is 12.3. The van der Waals surface area contributed by atoms with Crippen molar-refractivity contribution in [1.82, 2.24) is 5.32 Å². The van der Waals surface area contributed by atoms with E-state index in [-0.39, 0.29) is 12.5 Å². The van der Waals surface area contributed by atoms with E-state index in [2.05, 4.69) is 31.3 Å². The summed E-state index contributed by atoms with van der Waals surface area (Å²) in [5.41, 5.74) is 0. The van der Waals surface area contributed by atoms with Gasteiger partial charge in [-0.15, -0.1) is 0 Å². The number of allylic oxidation sites excluding steroid dienone is 2. The summed E-state index contributed by atoms with van der Waals surface area (Å²) in [5, 5.41) is 33.2. The molecule has 1 amide bonds. The van der Waals surface area contributed by atoms with Gasteiger partial charge in [0.1, 0.15) is 6.10 Å². The van der Waals surface area contributed by atoms with Crippen molar-refractivity contribution >= 4 is 5.91 Å². The van der Waals surface area contributed by atoms with Crippen molar-refractivity contribution < 1.29 is 20.1 Å². The second-order valence-electron chi connectivity index (χ2n) is 11.7. The Morgan fingerprint density at radius 2 is 1.03 bits per heavy atom. The third kappa shape index (κ3) is 25.8. The van der Waals surface area contributed by atoms with Gasteiger partial charge >= 0.3 is 0 Å². The zero-order valence-electron chi connectivity index (χ0n) is 26.0. The van der Waals surface area contributed by atoms with Crippen LogP contribution in [0.25, 0.3) is 0 Å². The van der Waals surface area contributed by atoms with Crippen molar-refractivity contribution in [2.45, 2.75) is 193 Å². The first-order valence-corrected chi connectivity index (χ1v) is 17.0. The maximum Gasteiger partial charge on any atom is 0.220 e. The second kappa shape index (κ2) is 30.1. The van der Waals surface area contributed by atoms with Crippen molar-refractivity contribution in [3.63, 3.8) is 0 Å². The van der Waals surface area contributed by atoms with Gasteiger partial charge in [-0.05, 0) is 38.5 Å². The summed E-state index contributed by atoms with van der Waals surface area (Å²) in [6.07, 6.45) is 31.5. The molecule has 0 spiro atoms. The van der Waals surface area contributed by atoms with Gasteiger partial charge in [-0.2, -0.15) is 0 Å². The largest absolute Gasteiger partial charge is 0.394 e. The maximum atomic E-state index is 12.3. The molecule has 0 heterocycles. The lowest BCUT2D eigenvalue weighted by molar-refractivity contribution is -0.124. The van der Waals surface area contributed by atoms with Crippen LogP contribution in [-0.2, 0) is 4.79 Å². The van der Waals surface area contributed by atoms with E-state index in [1.54, 1.807) is 0 Å². The van der Waals surface area contributed by atoms with E-state index in [9.17, 15) is 20.1 Å². The van der Waals surface area contributed by atoms with E-state index in [1.165, 1.54) is 103 Å². The minimum absolute atomic E-state index is 0.156. The van der Waals surface area contributed by atoms with E-state index < -0.39 is 18.2 Å². The molecule has 0 fully saturated rings. The van der Waals surface area contributed by atoms with Crippen LogP contribution >= 0.6 is 0 Å². The quantitative estimate of drug-likeness (QED) is 0.0530. The van der Waals surface area contributed by atoms with E-state index in [0.29, 0.717) is 12.8 Å². The van der Waals surface area contributed by atoms with Crippen LogP contribution < -0.4 is 5.32 Å². The highest BCUT2D eigenvalue weighted by molar-refractivity contribution is 5.76. The van der Waals surface area contributed by atoms with Crippen LogP contribution in [0.4, 0.5) is 0 Å². The summed E-state index contributed by atoms with van der Waals surface area (Å²) in [5.74, 6) is -0.156. The van der Waals surface area contributed by atoms with Crippen LogP contribution in [0.3, 0.4) is 0 Å². The molecule has 0 radical (unpaired) electrons. The van der Waals surface area contributed by atoms with E-state index >= 15 is 0 Å². The minimum atomic E-state index is -1.13. The molecular formula is C34H67NO4. The number of nitrogens with one attached hydrogen (secondary N) is 1. The van der Waals surface area contributed by atoms with Crippen LogP contribution in [0.5, 0.6) is 0 Å². The molecule has 0 aliphatic carbocycles. The molecule has 0 aromatic carbocycles. The predicted octanol–water partition coefficient (Wildman–Crippen LogP) is 8.53. The fourth-order valence-corrected chi connectivity index (χ4v) is 5.15. The van der Waals surface area contributed by atoms with Crippen molar-refractivity contribution in [3.8, 4) is 0 Å². The van der Waals surface area contributed by atoms with E-state index in [1.807, 2.05) is 0 Å². The number of hydrogen-bond donors (Lipinski definition) is 4. The van der Waals surface area contributed by atoms with Crippen molar-refractivity contribution in [1.29, 1.82) is 0 Å². The molecular weight excluding hydrogens is 486 g/mol. The molecule has 3 atom stereocenters. The van der Waals surface area contributed by atoms with Gasteiger partial charge < -0.3 is 20.6 Å². The molecule has 0 bridgehead atoms. The lowest BCUT2D eigenvalue weighted by Gasteiger charge is -2.26. The van der Waals surface area contributed by atoms with Crippen LogP contribution in [0.1, 0.15) is 174 Å². The molecule has 0 unspecified atom stereocenters. The first-order valence-electron chi connectivity index (χ1n) is 17.0. The topological polar surface area (TPSA) is 89.8 Å². The van der Waals surface area contributed by atoms with Gasteiger partial charge in [0.2, 0.25) is 5.91 Å². The molecule has 0 rings (SSSR count). The first kappa shape index (κ1) is 38.1. The molecule has 232 valence electrons. The summed E-state index contributed by atoms with van der Waals surface area (Å²) in [6, 6.07) is -0.807. The van der Waals surface area contributed by atoms with Gasteiger partial charge in [-0.25, -0.2) is 0 Å². The Hall–Kier alpha value is -0.910. The zero-order valence-corrected chi connectivity index (χ0v) is 26.0. The van der Waals surface area contributed by atoms with E-state index in [0.717, 1.165) is 44.9 Å². The molecule has 0 aromatic rings. The Balaban J connectivity index is 3.74. The molecule has 5 nitrogen and oxygen atoms in total. The predicted molar refractivity (Wildman–Crippen MR) is 167 cm³/mol. The number of unbranched alkanes of at least 4 members (excludes halogenated alkanes) is 20. The molecule has 5 heteroatoms. The number of carbonyl (C=O) groups is 1. The monoisotopic (exact) mass is 554 g/mol. The number of aliphatic hydroxyl groups excluding tert-OH is 3. The fourth-order valence-electron chi connectivity index (χ4n) is 5.15. The highest BCUT2D eigenvalue weighted by Gasteiger charge is 2.26. The lowest BCUT2D eigenvalue weighted by atomic mass is 9.99. The lowest BCUT2D eigenvalue weighted by Crippen LogP contribution is -2.50. The average Bonchev–Trinajstić information content (AvgIpc) is 2.94. The zero-order chi connectivity index (χ0) is 28.8. The van der Waals surface area contributed by atoms with Gasteiger partial charge in [-0.1, -0.05) is 142 Å². The highest BCUT2D eigenvalue weighted by Crippen LogP contribution is 2.15. The Labute approximate surface area is 242 Å². The van der Waals surface area contributed by atoms with Crippen molar-refractivity contribution in [2.75, 3.05) is 6.61 Å². The molecule has 0 aromatic heterocycles. The molecule has 4 N–H and O–H groups in total. The first-order chi connectivity index (χ1) is 19.1. The Morgan fingerprint density at radius 1 is 0.615 bits per heavy atom. The second-order valence-corrected chi connectivity index (χ2v) is 11.7. The SMILES string of the molecule is CCCCCC/C=C/CCCCCCCC(=O)N[C@@H](CO)[C@H](O)[C@H](O)CCCCCCCCCCCCCC. The van der Waals surface area contributed by atoms with Gasteiger partial charge in [0.05, 0.1) is 18.8 Å². The Bertz CT molecular complexity index is 539. The standard InChI is InChI=1S/C34H67NO4/c1-3-5-7-9-11-13-15-17-19-21-23-25-27-29-33(38)35-31(30-36)34(39)32(37)28-26-24-22-20-18-16-14-12-10-8-6-4-2/h13,15,31-32,34,36-37,39H,3-12,14,16-30H2,1-2H3,(H,35,38)/b15-13+/t31-,32+,34-/m0/s1. The Kier molecular flexibility index (Phi) is 29.4. The molecule has 39 heavy (non-hydrogen) atoms. The third-order valence-corrected chi connectivity index (χ3v) is 7.87. The average molecular weight is 554 g/mol. The van der Waals surface area contributed by atoms with Crippen LogP contribution in [0, 0.1) is 0 Å². The van der Waals surface area contributed by atoms with Gasteiger partial charge in [0.15, 0.2) is 0 Å². The molecule has 0 aliphatic rings. The fraction of sp³-hybridized carbons (Fsp3) is 0.912. The summed E-state index contributed by atoms with van der Waals surface area (Å²) < 4.78 is 0. The van der Waals surface area contributed by atoms with E-state index in [4.69, 9.17) is 0 Å². The number of aliphatic hydroxyl groups is 3. The van der Waals surface area contributed by atoms with Crippen LogP contribution in [0.15, 0.2) is 12.2 Å². The highest BCUT2D eigenvalue weighted by atomic mass is 16.3. The van der Waals surface area contributed by atoms with Crippen LogP contribution in [-0.4, -0.2) is 46.1 Å².